The Morgan fingerprint density at radius 2 is 2.04 bits per heavy atom. The van der Waals surface area contributed by atoms with Crippen molar-refractivity contribution in [2.24, 2.45) is 0 Å². The van der Waals surface area contributed by atoms with Gasteiger partial charge >= 0.3 is 0 Å². The Morgan fingerprint density at radius 1 is 1.36 bits per heavy atom. The van der Waals surface area contributed by atoms with Crippen LogP contribution in [0.4, 0.5) is 11.4 Å². The van der Waals surface area contributed by atoms with Crippen LogP contribution in [0.2, 0.25) is 5.02 Å². The Bertz CT molecular complexity index is 663. The molecule has 9 nitrogen and oxygen atoms in total. The minimum absolute atomic E-state index is 0.00978. The van der Waals surface area contributed by atoms with Crippen molar-refractivity contribution in [3.8, 4) is 0 Å². The molecule has 1 aliphatic heterocycles. The van der Waals surface area contributed by atoms with Gasteiger partial charge in [0.15, 0.2) is 13.1 Å². The van der Waals surface area contributed by atoms with E-state index in [2.05, 4.69) is 5.32 Å². The fraction of sp³-hybridized carbons (Fsp3) is 0.467. The molecule has 0 saturated carbocycles. The SMILES string of the molecule is C[NH+](CC(=O)Nc1ccc(Cl)cc1[N+](=O)[O-])CC(=O)N1CCOCC1. The Balaban J connectivity index is 1.89. The first-order valence-corrected chi connectivity index (χ1v) is 8.15. The number of nitro benzene ring substituents is 1. The maximum Gasteiger partial charge on any atom is 0.294 e. The number of carbonyl (C=O) groups excluding carboxylic acids is 2. The van der Waals surface area contributed by atoms with E-state index in [0.29, 0.717) is 31.2 Å². The zero-order valence-corrected chi connectivity index (χ0v) is 14.5. The number of likely N-dealkylation sites (N-methyl/N-ethyl adjacent to an activating group) is 1. The quantitative estimate of drug-likeness (QED) is 0.521. The molecule has 2 rings (SSSR count). The lowest BCUT2D eigenvalue weighted by molar-refractivity contribution is -0.862. The molecule has 136 valence electrons. The summed E-state index contributed by atoms with van der Waals surface area (Å²) in [4.78, 5) is 37.1. The van der Waals surface area contributed by atoms with Gasteiger partial charge in [0.2, 0.25) is 0 Å². The Labute approximate surface area is 149 Å². The Morgan fingerprint density at radius 3 is 2.68 bits per heavy atom. The molecule has 1 unspecified atom stereocenters. The first-order chi connectivity index (χ1) is 11.9. The number of nitro groups is 1. The second-order valence-corrected chi connectivity index (χ2v) is 6.21. The van der Waals surface area contributed by atoms with Crippen LogP contribution in [0.15, 0.2) is 18.2 Å². The number of morpholine rings is 1. The first-order valence-electron chi connectivity index (χ1n) is 7.77. The number of benzene rings is 1. The minimum atomic E-state index is -0.611. The van der Waals surface area contributed by atoms with Crippen LogP contribution in [-0.2, 0) is 14.3 Å². The molecule has 1 fully saturated rings. The third kappa shape index (κ3) is 5.66. The van der Waals surface area contributed by atoms with Gasteiger partial charge < -0.3 is 19.9 Å². The second kappa shape index (κ2) is 8.75. The first kappa shape index (κ1) is 19.1. The van der Waals surface area contributed by atoms with Crippen LogP contribution >= 0.6 is 11.6 Å². The van der Waals surface area contributed by atoms with Crippen molar-refractivity contribution in [1.82, 2.24) is 4.90 Å². The number of carbonyl (C=O) groups is 2. The summed E-state index contributed by atoms with van der Waals surface area (Å²) in [5.41, 5.74) is -0.199. The summed E-state index contributed by atoms with van der Waals surface area (Å²) in [7, 11) is 1.72. The van der Waals surface area contributed by atoms with E-state index in [1.54, 1.807) is 11.9 Å². The number of anilines is 1. The summed E-state index contributed by atoms with van der Waals surface area (Å²) in [5.74, 6) is -0.469. The fourth-order valence-electron chi connectivity index (χ4n) is 2.48. The molecular formula is C15H20ClN4O5+. The van der Waals surface area contributed by atoms with Gasteiger partial charge in [-0.3, -0.25) is 19.7 Å². The highest BCUT2D eigenvalue weighted by Gasteiger charge is 2.22. The summed E-state index contributed by atoms with van der Waals surface area (Å²) in [6.07, 6.45) is 0. The van der Waals surface area contributed by atoms with Gasteiger partial charge in [-0.2, -0.15) is 0 Å². The van der Waals surface area contributed by atoms with Crippen LogP contribution < -0.4 is 10.2 Å². The number of quaternary nitrogens is 1. The third-order valence-electron chi connectivity index (χ3n) is 3.71. The van der Waals surface area contributed by atoms with Crippen LogP contribution in [-0.4, -0.2) is 68.1 Å². The highest BCUT2D eigenvalue weighted by atomic mass is 35.5. The number of ether oxygens (including phenoxy) is 1. The Hall–Kier alpha value is -2.23. The molecule has 1 heterocycles. The molecule has 10 heteroatoms. The van der Waals surface area contributed by atoms with Crippen LogP contribution in [0, 0.1) is 10.1 Å². The molecule has 1 saturated heterocycles. The van der Waals surface area contributed by atoms with Crippen LogP contribution in [0.3, 0.4) is 0 Å². The molecule has 2 N–H and O–H groups in total. The van der Waals surface area contributed by atoms with Crippen molar-refractivity contribution in [2.75, 3.05) is 51.8 Å². The molecular weight excluding hydrogens is 352 g/mol. The summed E-state index contributed by atoms with van der Waals surface area (Å²) in [6, 6.07) is 4.02. The van der Waals surface area contributed by atoms with E-state index in [0.717, 1.165) is 0 Å². The van der Waals surface area contributed by atoms with Crippen molar-refractivity contribution in [2.45, 2.75) is 0 Å². The number of hydrogen-bond donors (Lipinski definition) is 2. The molecule has 1 atom stereocenters. The smallest absolute Gasteiger partial charge is 0.294 e. The van der Waals surface area contributed by atoms with E-state index in [9.17, 15) is 19.7 Å². The highest BCUT2D eigenvalue weighted by molar-refractivity contribution is 6.31. The zero-order chi connectivity index (χ0) is 18.4. The van der Waals surface area contributed by atoms with Crippen LogP contribution in [0.25, 0.3) is 0 Å². The normalized spacial score (nSPS) is 15.5. The summed E-state index contributed by atoms with van der Waals surface area (Å²) in [6.45, 7) is 2.31. The lowest BCUT2D eigenvalue weighted by atomic mass is 10.2. The lowest BCUT2D eigenvalue weighted by Gasteiger charge is -2.27. The molecule has 0 bridgehead atoms. The monoisotopic (exact) mass is 371 g/mol. The average molecular weight is 372 g/mol. The number of amides is 2. The van der Waals surface area contributed by atoms with Gasteiger partial charge in [-0.25, -0.2) is 0 Å². The van der Waals surface area contributed by atoms with Gasteiger partial charge in [0.05, 0.1) is 25.2 Å². The van der Waals surface area contributed by atoms with E-state index >= 15 is 0 Å². The third-order valence-corrected chi connectivity index (χ3v) is 3.94. The van der Waals surface area contributed by atoms with E-state index in [1.807, 2.05) is 0 Å². The van der Waals surface area contributed by atoms with Crippen molar-refractivity contribution in [3.63, 3.8) is 0 Å². The predicted octanol–water partition coefficient (Wildman–Crippen LogP) is -0.440. The molecule has 0 aromatic heterocycles. The van der Waals surface area contributed by atoms with Crippen molar-refractivity contribution < 1.29 is 24.1 Å². The summed E-state index contributed by atoms with van der Waals surface area (Å²) < 4.78 is 5.20. The predicted molar refractivity (Wildman–Crippen MR) is 90.8 cm³/mol. The van der Waals surface area contributed by atoms with E-state index in [4.69, 9.17) is 16.3 Å². The van der Waals surface area contributed by atoms with Gasteiger partial charge in [0.25, 0.3) is 17.5 Å². The van der Waals surface area contributed by atoms with Crippen molar-refractivity contribution >= 4 is 34.8 Å². The Kier molecular flexibility index (Phi) is 6.68. The molecule has 1 aromatic carbocycles. The number of nitrogens with one attached hydrogen (secondary N) is 2. The standard InChI is InChI=1S/C15H19ClN4O5/c1-18(10-15(22)19-4-6-25-7-5-19)9-14(21)17-12-3-2-11(16)8-13(12)20(23)24/h2-3,8H,4-7,9-10H2,1H3,(H,17,21)/p+1. The van der Waals surface area contributed by atoms with Gasteiger partial charge in [-0.15, -0.1) is 0 Å². The molecule has 0 aliphatic carbocycles. The zero-order valence-electron chi connectivity index (χ0n) is 13.8. The molecule has 0 radical (unpaired) electrons. The molecule has 25 heavy (non-hydrogen) atoms. The number of rotatable bonds is 6. The average Bonchev–Trinajstić information content (AvgIpc) is 2.56. The molecule has 1 aliphatic rings. The number of halogens is 1. The second-order valence-electron chi connectivity index (χ2n) is 5.77. The topological polar surface area (TPSA) is 106 Å². The fourth-order valence-corrected chi connectivity index (χ4v) is 2.64. The van der Waals surface area contributed by atoms with E-state index in [1.165, 1.54) is 18.2 Å². The summed E-state index contributed by atoms with van der Waals surface area (Å²) in [5, 5.41) is 13.7. The largest absolute Gasteiger partial charge is 0.378 e. The van der Waals surface area contributed by atoms with Gasteiger partial charge in [-0.05, 0) is 12.1 Å². The van der Waals surface area contributed by atoms with E-state index < -0.39 is 10.8 Å². The lowest BCUT2D eigenvalue weighted by Crippen LogP contribution is -3.11. The summed E-state index contributed by atoms with van der Waals surface area (Å²) >= 11 is 5.74. The molecule has 0 spiro atoms. The van der Waals surface area contributed by atoms with Gasteiger partial charge in [0.1, 0.15) is 5.69 Å². The maximum absolute atomic E-state index is 12.1. The van der Waals surface area contributed by atoms with Crippen molar-refractivity contribution in [1.29, 1.82) is 0 Å². The van der Waals surface area contributed by atoms with Gasteiger partial charge in [-0.1, -0.05) is 11.6 Å². The molecule has 2 amide bonds. The number of nitrogens with zero attached hydrogens (tertiary/aromatic N) is 2. The molecule has 1 aromatic rings. The highest BCUT2D eigenvalue weighted by Crippen LogP contribution is 2.27. The minimum Gasteiger partial charge on any atom is -0.378 e. The van der Waals surface area contributed by atoms with Gasteiger partial charge in [0, 0.05) is 24.2 Å². The van der Waals surface area contributed by atoms with Crippen LogP contribution in [0.5, 0.6) is 0 Å². The van der Waals surface area contributed by atoms with Crippen molar-refractivity contribution in [3.05, 3.63) is 33.3 Å². The maximum atomic E-state index is 12.1. The van der Waals surface area contributed by atoms with Crippen LogP contribution in [0.1, 0.15) is 0 Å². The number of hydrogen-bond acceptors (Lipinski definition) is 5. The van der Waals surface area contributed by atoms with E-state index in [-0.39, 0.29) is 35.4 Å².